The minimum atomic E-state index is 0.00509. The number of aryl methyl sites for hydroxylation is 1. The number of hydrogen-bond acceptors (Lipinski definition) is 5. The summed E-state index contributed by atoms with van der Waals surface area (Å²) in [5.41, 5.74) is 3.18. The highest BCUT2D eigenvalue weighted by molar-refractivity contribution is 5.96. The first-order valence-electron chi connectivity index (χ1n) is 9.19. The van der Waals surface area contributed by atoms with Crippen LogP contribution in [-0.4, -0.2) is 33.7 Å². The summed E-state index contributed by atoms with van der Waals surface area (Å²) in [6.07, 6.45) is 8.29. The van der Waals surface area contributed by atoms with Crippen LogP contribution in [0.3, 0.4) is 0 Å². The van der Waals surface area contributed by atoms with Gasteiger partial charge in [0.05, 0.1) is 18.1 Å². The lowest BCUT2D eigenvalue weighted by atomic mass is 10.0. The fraction of sp³-hybridized carbons (Fsp3) is 0.227. The van der Waals surface area contributed by atoms with Gasteiger partial charge in [0.2, 0.25) is 5.91 Å². The molecule has 0 aliphatic heterocycles. The van der Waals surface area contributed by atoms with E-state index in [4.69, 9.17) is 0 Å². The van der Waals surface area contributed by atoms with Crippen molar-refractivity contribution < 1.29 is 9.59 Å². The summed E-state index contributed by atoms with van der Waals surface area (Å²) in [6, 6.07) is 11.1. The minimum absolute atomic E-state index is 0.00509. The highest BCUT2D eigenvalue weighted by atomic mass is 16.2. The second-order valence-electron chi connectivity index (χ2n) is 6.43. The Hall–Kier alpha value is -3.41. The average molecular weight is 374 g/mol. The van der Waals surface area contributed by atoms with Crippen molar-refractivity contribution in [3.05, 3.63) is 72.3 Å². The van der Waals surface area contributed by atoms with Gasteiger partial charge in [-0.2, -0.15) is 0 Å². The molecule has 1 aromatic carbocycles. The largest absolute Gasteiger partial charge is 0.313 e. The number of carbonyl (C=O) groups excluding carboxylic acids is 2. The zero-order valence-corrected chi connectivity index (χ0v) is 16.0. The number of Topliss-reactive ketones (excluding diaryl/α,β-unsaturated/α-hetero) is 1. The molecule has 0 fully saturated rings. The lowest BCUT2D eigenvalue weighted by Crippen LogP contribution is -2.25. The summed E-state index contributed by atoms with van der Waals surface area (Å²) in [5, 5.41) is 0. The molecule has 0 saturated heterocycles. The maximum atomic E-state index is 12.4. The molecule has 28 heavy (non-hydrogen) atoms. The number of hydrogen-bond donors (Lipinski definition) is 0. The highest BCUT2D eigenvalue weighted by Gasteiger charge is 2.11. The summed E-state index contributed by atoms with van der Waals surface area (Å²) in [7, 11) is 1.70. The average Bonchev–Trinajstić information content (AvgIpc) is 2.77. The number of benzene rings is 1. The molecule has 6 nitrogen and oxygen atoms in total. The maximum Gasteiger partial charge on any atom is 0.226 e. The molecule has 0 aliphatic carbocycles. The lowest BCUT2D eigenvalue weighted by molar-refractivity contribution is -0.118. The molecule has 0 radical (unpaired) electrons. The molecule has 2 heterocycles. The zero-order valence-electron chi connectivity index (χ0n) is 16.0. The van der Waals surface area contributed by atoms with E-state index in [1.54, 1.807) is 44.0 Å². The van der Waals surface area contributed by atoms with Gasteiger partial charge in [-0.05, 0) is 18.1 Å². The highest BCUT2D eigenvalue weighted by Crippen LogP contribution is 2.19. The Morgan fingerprint density at radius 2 is 1.71 bits per heavy atom. The standard InChI is InChI=1S/C22H22N4O2/c1-3-21(28)26(2)19-14-24-22(25-15-19)18-9-7-17(8-10-18)20(27)11-6-16-5-4-12-23-13-16/h4-5,7-10,12-15H,3,6,11H2,1-2H3. The van der Waals surface area contributed by atoms with E-state index in [0.717, 1.165) is 11.1 Å². The van der Waals surface area contributed by atoms with Crippen molar-refractivity contribution in [2.75, 3.05) is 11.9 Å². The molecule has 0 unspecified atom stereocenters. The third-order valence-electron chi connectivity index (χ3n) is 4.53. The van der Waals surface area contributed by atoms with Crippen LogP contribution in [0.15, 0.2) is 61.2 Å². The molecule has 3 aromatic rings. The predicted molar refractivity (Wildman–Crippen MR) is 108 cm³/mol. The molecular weight excluding hydrogens is 352 g/mol. The quantitative estimate of drug-likeness (QED) is 0.589. The second kappa shape index (κ2) is 8.99. The van der Waals surface area contributed by atoms with Crippen molar-refractivity contribution in [2.45, 2.75) is 26.2 Å². The van der Waals surface area contributed by atoms with Crippen LogP contribution < -0.4 is 4.90 Å². The number of carbonyl (C=O) groups is 2. The summed E-state index contributed by atoms with van der Waals surface area (Å²) in [5.74, 6) is 0.646. The first-order valence-corrected chi connectivity index (χ1v) is 9.19. The van der Waals surface area contributed by atoms with E-state index in [9.17, 15) is 9.59 Å². The number of amides is 1. The molecular formula is C22H22N4O2. The van der Waals surface area contributed by atoms with Gasteiger partial charge in [-0.15, -0.1) is 0 Å². The Balaban J connectivity index is 1.65. The monoisotopic (exact) mass is 374 g/mol. The van der Waals surface area contributed by atoms with E-state index in [-0.39, 0.29) is 11.7 Å². The summed E-state index contributed by atoms with van der Waals surface area (Å²) in [6.45, 7) is 1.81. The van der Waals surface area contributed by atoms with E-state index < -0.39 is 0 Å². The van der Waals surface area contributed by atoms with Gasteiger partial charge in [0.15, 0.2) is 11.6 Å². The number of anilines is 1. The Morgan fingerprint density at radius 1 is 1.00 bits per heavy atom. The summed E-state index contributed by atoms with van der Waals surface area (Å²) >= 11 is 0. The van der Waals surface area contributed by atoms with Gasteiger partial charge in [-0.25, -0.2) is 9.97 Å². The minimum Gasteiger partial charge on any atom is -0.313 e. The molecule has 142 valence electrons. The molecule has 6 heteroatoms. The van der Waals surface area contributed by atoms with Gasteiger partial charge < -0.3 is 4.90 Å². The Morgan fingerprint density at radius 3 is 2.32 bits per heavy atom. The fourth-order valence-electron chi connectivity index (χ4n) is 2.78. The maximum absolute atomic E-state index is 12.4. The molecule has 0 N–H and O–H groups in total. The Bertz CT molecular complexity index is 939. The van der Waals surface area contributed by atoms with Crippen LogP contribution in [0.1, 0.15) is 35.7 Å². The van der Waals surface area contributed by atoms with Crippen molar-refractivity contribution in [3.63, 3.8) is 0 Å². The molecule has 0 atom stereocenters. The number of aromatic nitrogens is 3. The first kappa shape index (κ1) is 19.4. The normalized spacial score (nSPS) is 10.5. The molecule has 3 rings (SSSR count). The van der Waals surface area contributed by atoms with Crippen LogP contribution in [0.2, 0.25) is 0 Å². The van der Waals surface area contributed by atoms with Crippen molar-refractivity contribution in [1.82, 2.24) is 15.0 Å². The molecule has 0 aliphatic rings. The van der Waals surface area contributed by atoms with E-state index in [2.05, 4.69) is 15.0 Å². The van der Waals surface area contributed by atoms with E-state index in [1.807, 2.05) is 31.2 Å². The molecule has 0 saturated carbocycles. The second-order valence-corrected chi connectivity index (χ2v) is 6.43. The Labute approximate surface area is 164 Å². The van der Waals surface area contributed by atoms with Gasteiger partial charge >= 0.3 is 0 Å². The van der Waals surface area contributed by atoms with E-state index in [0.29, 0.717) is 36.3 Å². The third kappa shape index (κ3) is 4.65. The van der Waals surface area contributed by atoms with Crippen LogP contribution in [0, 0.1) is 0 Å². The number of nitrogens with zero attached hydrogens (tertiary/aromatic N) is 4. The third-order valence-corrected chi connectivity index (χ3v) is 4.53. The summed E-state index contributed by atoms with van der Waals surface area (Å²) in [4.78, 5) is 38.4. The topological polar surface area (TPSA) is 76.1 Å². The summed E-state index contributed by atoms with van der Waals surface area (Å²) < 4.78 is 0. The smallest absolute Gasteiger partial charge is 0.226 e. The van der Waals surface area contributed by atoms with Gasteiger partial charge in [-0.3, -0.25) is 14.6 Å². The van der Waals surface area contributed by atoms with Gasteiger partial charge in [0.25, 0.3) is 0 Å². The number of pyridine rings is 1. The van der Waals surface area contributed by atoms with Crippen LogP contribution in [0.4, 0.5) is 5.69 Å². The van der Waals surface area contributed by atoms with Crippen molar-refractivity contribution in [1.29, 1.82) is 0 Å². The van der Waals surface area contributed by atoms with Crippen LogP contribution in [0.25, 0.3) is 11.4 Å². The van der Waals surface area contributed by atoms with Crippen LogP contribution >= 0.6 is 0 Å². The van der Waals surface area contributed by atoms with Crippen molar-refractivity contribution in [3.8, 4) is 11.4 Å². The van der Waals surface area contributed by atoms with Crippen LogP contribution in [0.5, 0.6) is 0 Å². The van der Waals surface area contributed by atoms with Crippen LogP contribution in [-0.2, 0) is 11.2 Å². The fourth-order valence-corrected chi connectivity index (χ4v) is 2.78. The molecule has 2 aromatic heterocycles. The number of ketones is 1. The molecule has 1 amide bonds. The van der Waals surface area contributed by atoms with Crippen molar-refractivity contribution >= 4 is 17.4 Å². The predicted octanol–water partition coefficient (Wildman–Crippen LogP) is 3.73. The van der Waals surface area contributed by atoms with Gasteiger partial charge in [0.1, 0.15) is 0 Å². The van der Waals surface area contributed by atoms with E-state index >= 15 is 0 Å². The van der Waals surface area contributed by atoms with Gasteiger partial charge in [0, 0.05) is 43.4 Å². The molecule has 0 bridgehead atoms. The SMILES string of the molecule is CCC(=O)N(C)c1cnc(-c2ccc(C(=O)CCc3cccnc3)cc2)nc1. The number of rotatable bonds is 7. The molecule has 0 spiro atoms. The first-order chi connectivity index (χ1) is 13.6. The van der Waals surface area contributed by atoms with Crippen molar-refractivity contribution in [2.24, 2.45) is 0 Å². The van der Waals surface area contributed by atoms with Gasteiger partial charge in [-0.1, -0.05) is 37.3 Å². The van der Waals surface area contributed by atoms with E-state index in [1.165, 1.54) is 4.90 Å². The Kier molecular flexibility index (Phi) is 6.22. The lowest BCUT2D eigenvalue weighted by Gasteiger charge is -2.15. The zero-order chi connectivity index (χ0) is 19.9.